The molecule has 0 saturated heterocycles. The van der Waals surface area contributed by atoms with Gasteiger partial charge in [-0.1, -0.05) is 18.2 Å². The van der Waals surface area contributed by atoms with Crippen LogP contribution in [0.25, 0.3) is 0 Å². The van der Waals surface area contributed by atoms with Crippen LogP contribution in [-0.4, -0.2) is 13.5 Å². The van der Waals surface area contributed by atoms with Gasteiger partial charge in [0.15, 0.2) is 0 Å². The number of phenols is 1. The first-order chi connectivity index (χ1) is 8.90. The van der Waals surface area contributed by atoms with Gasteiger partial charge in [-0.3, -0.25) is 4.72 Å². The topological polar surface area (TPSA) is 66.4 Å². The number of aromatic hydroxyl groups is 1. The van der Waals surface area contributed by atoms with Crippen LogP contribution in [0, 0.1) is 13.8 Å². The Balaban J connectivity index is 2.37. The number of aryl methyl sites for hydroxylation is 2. The molecule has 0 heterocycles. The molecule has 0 aromatic heterocycles. The quantitative estimate of drug-likeness (QED) is 0.906. The molecule has 19 heavy (non-hydrogen) atoms. The molecular weight excluding hydrogens is 262 g/mol. The Hall–Kier alpha value is -2.01. The molecule has 100 valence electrons. The fraction of sp³-hybridized carbons (Fsp3) is 0.143. The van der Waals surface area contributed by atoms with Crippen molar-refractivity contribution in [2.24, 2.45) is 0 Å². The number of nitrogens with one attached hydrogen (secondary N) is 1. The molecule has 0 bridgehead atoms. The second kappa shape index (κ2) is 4.93. The van der Waals surface area contributed by atoms with Crippen LogP contribution in [0.3, 0.4) is 0 Å². The number of para-hydroxylation sites is 1. The van der Waals surface area contributed by atoms with Crippen LogP contribution in [0.5, 0.6) is 5.75 Å². The molecule has 0 atom stereocenters. The fourth-order valence-corrected chi connectivity index (χ4v) is 2.85. The monoisotopic (exact) mass is 277 g/mol. The van der Waals surface area contributed by atoms with Crippen LogP contribution in [-0.2, 0) is 10.0 Å². The molecule has 4 nitrogen and oxygen atoms in total. The standard InChI is InChI=1S/C14H15NO3S/c1-10-7-8-12(9-11(10)2)15-19(17,18)14-6-4-3-5-13(14)16/h3-9,15-16H,1-2H3. The van der Waals surface area contributed by atoms with Gasteiger partial charge in [0.25, 0.3) is 10.0 Å². The van der Waals surface area contributed by atoms with Gasteiger partial charge in [-0.05, 0) is 49.2 Å². The molecule has 5 heteroatoms. The lowest BCUT2D eigenvalue weighted by Crippen LogP contribution is -2.13. The first kappa shape index (κ1) is 13.4. The Labute approximate surface area is 112 Å². The molecule has 0 saturated carbocycles. The van der Waals surface area contributed by atoms with Crippen LogP contribution >= 0.6 is 0 Å². The minimum Gasteiger partial charge on any atom is -0.507 e. The minimum atomic E-state index is -3.77. The smallest absolute Gasteiger partial charge is 0.265 e. The van der Waals surface area contributed by atoms with Crippen molar-refractivity contribution in [1.82, 2.24) is 0 Å². The highest BCUT2D eigenvalue weighted by Crippen LogP contribution is 2.24. The Bertz CT molecular complexity index is 708. The summed E-state index contributed by atoms with van der Waals surface area (Å²) in [6.07, 6.45) is 0. The SMILES string of the molecule is Cc1ccc(NS(=O)(=O)c2ccccc2O)cc1C. The largest absolute Gasteiger partial charge is 0.507 e. The maximum absolute atomic E-state index is 12.1. The maximum atomic E-state index is 12.1. The fourth-order valence-electron chi connectivity index (χ4n) is 1.70. The van der Waals surface area contributed by atoms with Crippen LogP contribution < -0.4 is 4.72 Å². The zero-order chi connectivity index (χ0) is 14.0. The van der Waals surface area contributed by atoms with E-state index < -0.39 is 10.0 Å². The Kier molecular flexibility index (Phi) is 3.48. The van der Waals surface area contributed by atoms with E-state index >= 15 is 0 Å². The second-order valence-electron chi connectivity index (χ2n) is 4.37. The third kappa shape index (κ3) is 2.88. The highest BCUT2D eigenvalue weighted by molar-refractivity contribution is 7.92. The lowest BCUT2D eigenvalue weighted by molar-refractivity contribution is 0.459. The number of benzene rings is 2. The molecule has 2 aromatic rings. The van der Waals surface area contributed by atoms with E-state index in [1.807, 2.05) is 19.9 Å². The molecule has 2 N–H and O–H groups in total. The summed E-state index contributed by atoms with van der Waals surface area (Å²) in [5, 5.41) is 9.60. The summed E-state index contributed by atoms with van der Waals surface area (Å²) in [6, 6.07) is 11.1. The number of anilines is 1. The van der Waals surface area contributed by atoms with Gasteiger partial charge >= 0.3 is 0 Å². The Morgan fingerprint density at radius 3 is 2.32 bits per heavy atom. The average Bonchev–Trinajstić information content (AvgIpc) is 2.34. The van der Waals surface area contributed by atoms with E-state index in [0.717, 1.165) is 11.1 Å². The van der Waals surface area contributed by atoms with Crippen molar-refractivity contribution in [3.8, 4) is 5.75 Å². The van der Waals surface area contributed by atoms with Gasteiger partial charge in [-0.25, -0.2) is 8.42 Å². The Morgan fingerprint density at radius 1 is 1.00 bits per heavy atom. The molecule has 0 aliphatic rings. The molecule has 2 rings (SSSR count). The predicted molar refractivity (Wildman–Crippen MR) is 74.8 cm³/mol. The summed E-state index contributed by atoms with van der Waals surface area (Å²) < 4.78 is 26.8. The van der Waals surface area contributed by atoms with E-state index in [9.17, 15) is 13.5 Å². The van der Waals surface area contributed by atoms with E-state index in [1.165, 1.54) is 12.1 Å². The van der Waals surface area contributed by atoms with Crippen molar-refractivity contribution in [3.05, 3.63) is 53.6 Å². The van der Waals surface area contributed by atoms with Crippen LogP contribution in [0.2, 0.25) is 0 Å². The second-order valence-corrected chi connectivity index (χ2v) is 6.02. The van der Waals surface area contributed by atoms with Crippen molar-refractivity contribution in [2.45, 2.75) is 18.7 Å². The first-order valence-corrected chi connectivity index (χ1v) is 7.26. The molecule has 2 aromatic carbocycles. The highest BCUT2D eigenvalue weighted by atomic mass is 32.2. The third-order valence-corrected chi connectivity index (χ3v) is 4.34. The van der Waals surface area contributed by atoms with Gasteiger partial charge in [-0.2, -0.15) is 0 Å². The minimum absolute atomic E-state index is 0.131. The molecule has 0 amide bonds. The van der Waals surface area contributed by atoms with Crippen molar-refractivity contribution in [1.29, 1.82) is 0 Å². The molecule has 0 radical (unpaired) electrons. The molecule has 0 fully saturated rings. The molecule has 0 spiro atoms. The average molecular weight is 277 g/mol. The van der Waals surface area contributed by atoms with Gasteiger partial charge in [0.2, 0.25) is 0 Å². The van der Waals surface area contributed by atoms with Crippen molar-refractivity contribution < 1.29 is 13.5 Å². The van der Waals surface area contributed by atoms with Gasteiger partial charge in [0, 0.05) is 5.69 Å². The van der Waals surface area contributed by atoms with E-state index in [2.05, 4.69) is 4.72 Å². The number of phenolic OH excluding ortho intramolecular Hbond substituents is 1. The predicted octanol–water partition coefficient (Wildman–Crippen LogP) is 2.81. The number of hydrogen-bond donors (Lipinski definition) is 2. The maximum Gasteiger partial charge on any atom is 0.265 e. The summed E-state index contributed by atoms with van der Waals surface area (Å²) in [4.78, 5) is -0.131. The van der Waals surface area contributed by atoms with E-state index in [4.69, 9.17) is 0 Å². The van der Waals surface area contributed by atoms with Crippen LogP contribution in [0.4, 0.5) is 5.69 Å². The zero-order valence-corrected chi connectivity index (χ0v) is 11.5. The van der Waals surface area contributed by atoms with Crippen LogP contribution in [0.1, 0.15) is 11.1 Å². The van der Waals surface area contributed by atoms with E-state index in [1.54, 1.807) is 24.3 Å². The van der Waals surface area contributed by atoms with Gasteiger partial charge in [0.05, 0.1) is 0 Å². The molecule has 0 unspecified atom stereocenters. The number of rotatable bonds is 3. The summed E-state index contributed by atoms with van der Waals surface area (Å²) in [6.45, 7) is 3.86. The summed E-state index contributed by atoms with van der Waals surface area (Å²) >= 11 is 0. The normalized spacial score (nSPS) is 11.3. The summed E-state index contributed by atoms with van der Waals surface area (Å²) in [5.41, 5.74) is 2.56. The lowest BCUT2D eigenvalue weighted by atomic mass is 10.1. The van der Waals surface area contributed by atoms with Crippen molar-refractivity contribution in [2.75, 3.05) is 4.72 Å². The summed E-state index contributed by atoms with van der Waals surface area (Å²) in [5.74, 6) is -0.265. The van der Waals surface area contributed by atoms with Crippen molar-refractivity contribution >= 4 is 15.7 Å². The van der Waals surface area contributed by atoms with Gasteiger partial charge < -0.3 is 5.11 Å². The number of hydrogen-bond acceptors (Lipinski definition) is 3. The zero-order valence-electron chi connectivity index (χ0n) is 10.7. The molecular formula is C14H15NO3S. The van der Waals surface area contributed by atoms with Crippen LogP contribution in [0.15, 0.2) is 47.4 Å². The highest BCUT2D eigenvalue weighted by Gasteiger charge is 2.18. The van der Waals surface area contributed by atoms with Gasteiger partial charge in [0.1, 0.15) is 10.6 Å². The summed E-state index contributed by atoms with van der Waals surface area (Å²) in [7, 11) is -3.77. The number of sulfonamides is 1. The molecule has 0 aliphatic heterocycles. The van der Waals surface area contributed by atoms with Crippen molar-refractivity contribution in [3.63, 3.8) is 0 Å². The van der Waals surface area contributed by atoms with Gasteiger partial charge in [-0.15, -0.1) is 0 Å². The Morgan fingerprint density at radius 2 is 1.68 bits per heavy atom. The van der Waals surface area contributed by atoms with E-state index in [0.29, 0.717) is 5.69 Å². The third-order valence-electron chi connectivity index (χ3n) is 2.91. The van der Waals surface area contributed by atoms with E-state index in [-0.39, 0.29) is 10.6 Å². The molecule has 0 aliphatic carbocycles. The lowest BCUT2D eigenvalue weighted by Gasteiger charge is -2.10. The first-order valence-electron chi connectivity index (χ1n) is 5.78.